The SMILES string of the molecule is CO[C@@H]1[C@@H](OC(=O)c2ccccc2)[C@@H](OC(=O)c2ccccc2)COC1(C)C. The molecule has 0 saturated carbocycles. The number of carbonyl (C=O) groups is 2. The minimum absolute atomic E-state index is 0.0954. The normalized spacial score (nSPS) is 23.6. The van der Waals surface area contributed by atoms with Crippen LogP contribution in [0.4, 0.5) is 0 Å². The van der Waals surface area contributed by atoms with Gasteiger partial charge in [-0.05, 0) is 38.1 Å². The minimum atomic E-state index is -0.811. The zero-order valence-electron chi connectivity index (χ0n) is 16.2. The largest absolute Gasteiger partial charge is 0.452 e. The molecule has 0 bridgehead atoms. The van der Waals surface area contributed by atoms with Crippen LogP contribution < -0.4 is 0 Å². The van der Waals surface area contributed by atoms with Crippen LogP contribution in [0.2, 0.25) is 0 Å². The molecule has 1 aliphatic heterocycles. The third kappa shape index (κ3) is 4.40. The molecule has 3 atom stereocenters. The molecule has 1 heterocycles. The highest BCUT2D eigenvalue weighted by atomic mass is 16.6. The van der Waals surface area contributed by atoms with Crippen LogP contribution in [0.1, 0.15) is 34.6 Å². The van der Waals surface area contributed by atoms with Crippen molar-refractivity contribution >= 4 is 11.9 Å². The molecule has 28 heavy (non-hydrogen) atoms. The predicted octanol–water partition coefficient (Wildman–Crippen LogP) is 3.26. The first-order valence-electron chi connectivity index (χ1n) is 9.11. The predicted molar refractivity (Wildman–Crippen MR) is 102 cm³/mol. The van der Waals surface area contributed by atoms with Crippen molar-refractivity contribution in [3.8, 4) is 0 Å². The molecule has 2 aromatic rings. The van der Waals surface area contributed by atoms with Crippen molar-refractivity contribution in [1.82, 2.24) is 0 Å². The molecule has 0 aromatic heterocycles. The first kappa shape index (κ1) is 20.0. The molecule has 6 heteroatoms. The van der Waals surface area contributed by atoms with E-state index in [9.17, 15) is 9.59 Å². The van der Waals surface area contributed by atoms with Crippen LogP contribution in [0, 0.1) is 0 Å². The van der Waals surface area contributed by atoms with Gasteiger partial charge in [0.05, 0.1) is 23.3 Å². The Morgan fingerprint density at radius 2 is 1.39 bits per heavy atom. The summed E-state index contributed by atoms with van der Waals surface area (Å²) in [6, 6.07) is 17.3. The number of esters is 2. The Labute approximate surface area is 164 Å². The molecule has 1 saturated heterocycles. The van der Waals surface area contributed by atoms with E-state index in [0.29, 0.717) is 11.1 Å². The number of rotatable bonds is 5. The van der Waals surface area contributed by atoms with Crippen molar-refractivity contribution in [1.29, 1.82) is 0 Å². The Hall–Kier alpha value is -2.70. The van der Waals surface area contributed by atoms with Gasteiger partial charge in [-0.25, -0.2) is 9.59 Å². The first-order valence-corrected chi connectivity index (χ1v) is 9.11. The van der Waals surface area contributed by atoms with Gasteiger partial charge < -0.3 is 18.9 Å². The molecule has 6 nitrogen and oxygen atoms in total. The molecular formula is C22H24O6. The molecule has 2 aromatic carbocycles. The van der Waals surface area contributed by atoms with Gasteiger partial charge in [-0.3, -0.25) is 0 Å². The number of benzene rings is 2. The van der Waals surface area contributed by atoms with Crippen molar-refractivity contribution in [3.63, 3.8) is 0 Å². The maximum Gasteiger partial charge on any atom is 0.338 e. The number of carbonyl (C=O) groups excluding carboxylic acids is 2. The Morgan fingerprint density at radius 3 is 1.89 bits per heavy atom. The Kier molecular flexibility index (Phi) is 6.11. The molecule has 0 unspecified atom stereocenters. The molecule has 0 N–H and O–H groups in total. The highest BCUT2D eigenvalue weighted by molar-refractivity contribution is 5.90. The van der Waals surface area contributed by atoms with E-state index in [1.165, 1.54) is 7.11 Å². The quantitative estimate of drug-likeness (QED) is 0.737. The van der Waals surface area contributed by atoms with Crippen LogP contribution in [-0.2, 0) is 18.9 Å². The monoisotopic (exact) mass is 384 g/mol. The van der Waals surface area contributed by atoms with Gasteiger partial charge in [0.1, 0.15) is 6.10 Å². The second-order valence-electron chi connectivity index (χ2n) is 7.12. The molecular weight excluding hydrogens is 360 g/mol. The minimum Gasteiger partial charge on any atom is -0.452 e. The lowest BCUT2D eigenvalue weighted by molar-refractivity contribution is -0.230. The van der Waals surface area contributed by atoms with Crippen molar-refractivity contribution < 1.29 is 28.5 Å². The van der Waals surface area contributed by atoms with Crippen LogP contribution in [0.25, 0.3) is 0 Å². The average Bonchev–Trinajstić information content (AvgIpc) is 2.71. The second kappa shape index (κ2) is 8.54. The number of hydrogen-bond acceptors (Lipinski definition) is 6. The van der Waals surface area contributed by atoms with Gasteiger partial charge in [-0.15, -0.1) is 0 Å². The molecule has 0 radical (unpaired) electrons. The van der Waals surface area contributed by atoms with Crippen molar-refractivity contribution in [2.75, 3.05) is 13.7 Å². The fourth-order valence-electron chi connectivity index (χ4n) is 3.27. The lowest BCUT2D eigenvalue weighted by Crippen LogP contribution is -2.61. The molecule has 3 rings (SSSR count). The van der Waals surface area contributed by atoms with Crippen LogP contribution in [0.15, 0.2) is 60.7 Å². The topological polar surface area (TPSA) is 71.1 Å². The molecule has 1 fully saturated rings. The molecule has 148 valence electrons. The first-order chi connectivity index (χ1) is 13.4. The van der Waals surface area contributed by atoms with E-state index in [1.54, 1.807) is 48.5 Å². The molecule has 0 amide bonds. The summed E-state index contributed by atoms with van der Waals surface area (Å²) in [6.45, 7) is 3.79. The van der Waals surface area contributed by atoms with E-state index in [4.69, 9.17) is 18.9 Å². The fourth-order valence-corrected chi connectivity index (χ4v) is 3.27. The van der Waals surface area contributed by atoms with Gasteiger partial charge in [-0.2, -0.15) is 0 Å². The average molecular weight is 384 g/mol. The van der Waals surface area contributed by atoms with E-state index in [-0.39, 0.29) is 6.61 Å². The lowest BCUT2D eigenvalue weighted by atomic mass is 9.90. The van der Waals surface area contributed by atoms with Gasteiger partial charge in [-0.1, -0.05) is 36.4 Å². The van der Waals surface area contributed by atoms with Crippen molar-refractivity contribution in [2.24, 2.45) is 0 Å². The molecule has 0 aliphatic carbocycles. The Balaban J connectivity index is 1.82. The van der Waals surface area contributed by atoms with Gasteiger partial charge in [0.25, 0.3) is 0 Å². The summed E-state index contributed by atoms with van der Waals surface area (Å²) < 4.78 is 22.8. The summed E-state index contributed by atoms with van der Waals surface area (Å²) >= 11 is 0. The number of methoxy groups -OCH3 is 1. The van der Waals surface area contributed by atoms with Gasteiger partial charge in [0.15, 0.2) is 12.2 Å². The van der Waals surface area contributed by atoms with E-state index < -0.39 is 35.9 Å². The van der Waals surface area contributed by atoms with Crippen LogP contribution >= 0.6 is 0 Å². The van der Waals surface area contributed by atoms with Crippen molar-refractivity contribution in [2.45, 2.75) is 37.8 Å². The number of ether oxygens (including phenoxy) is 4. The third-order valence-corrected chi connectivity index (χ3v) is 4.74. The van der Waals surface area contributed by atoms with E-state index in [0.717, 1.165) is 0 Å². The Bertz CT molecular complexity index is 802. The van der Waals surface area contributed by atoms with Crippen LogP contribution in [-0.4, -0.2) is 49.6 Å². The zero-order chi connectivity index (χ0) is 20.1. The summed E-state index contributed by atoms with van der Waals surface area (Å²) in [5, 5.41) is 0. The maximum absolute atomic E-state index is 12.6. The third-order valence-electron chi connectivity index (χ3n) is 4.74. The van der Waals surface area contributed by atoms with Crippen LogP contribution in [0.3, 0.4) is 0 Å². The summed E-state index contributed by atoms with van der Waals surface area (Å²) in [5.74, 6) is -1.02. The summed E-state index contributed by atoms with van der Waals surface area (Å²) in [7, 11) is 1.51. The van der Waals surface area contributed by atoms with Gasteiger partial charge >= 0.3 is 11.9 Å². The second-order valence-corrected chi connectivity index (χ2v) is 7.12. The maximum atomic E-state index is 12.6. The van der Waals surface area contributed by atoms with Gasteiger partial charge in [0, 0.05) is 7.11 Å². The summed E-state index contributed by atoms with van der Waals surface area (Å²) in [5.41, 5.74) is 0.107. The molecule has 0 spiro atoms. The Morgan fingerprint density at radius 1 is 0.893 bits per heavy atom. The number of hydrogen-bond donors (Lipinski definition) is 0. The smallest absolute Gasteiger partial charge is 0.338 e. The standard InChI is InChI=1S/C22H24O6/c1-22(2)19(25-3)18(28-21(24)16-12-8-5-9-13-16)17(14-26-22)27-20(23)15-10-6-4-7-11-15/h4-13,17-19H,14H2,1-3H3/t17-,18-,19+/m0/s1. The fraction of sp³-hybridized carbons (Fsp3) is 0.364. The highest BCUT2D eigenvalue weighted by Gasteiger charge is 2.49. The summed E-state index contributed by atoms with van der Waals surface area (Å²) in [6.07, 6.45) is -2.21. The van der Waals surface area contributed by atoms with E-state index in [1.807, 2.05) is 26.0 Å². The molecule has 1 aliphatic rings. The van der Waals surface area contributed by atoms with Gasteiger partial charge in [0.2, 0.25) is 0 Å². The summed E-state index contributed by atoms with van der Waals surface area (Å²) in [4.78, 5) is 25.1. The lowest BCUT2D eigenvalue weighted by Gasteiger charge is -2.45. The van der Waals surface area contributed by atoms with E-state index in [2.05, 4.69) is 0 Å². The van der Waals surface area contributed by atoms with Crippen molar-refractivity contribution in [3.05, 3.63) is 71.8 Å². The zero-order valence-corrected chi connectivity index (χ0v) is 16.2. The van der Waals surface area contributed by atoms with E-state index >= 15 is 0 Å². The van der Waals surface area contributed by atoms with Crippen LogP contribution in [0.5, 0.6) is 0 Å². The highest BCUT2D eigenvalue weighted by Crippen LogP contribution is 2.31.